The molecule has 1 amide bonds. The number of ether oxygens (including phenoxy) is 1. The number of aryl methyl sites for hydroxylation is 2. The van der Waals surface area contributed by atoms with Crippen LogP contribution in [-0.4, -0.2) is 39.7 Å². The minimum Gasteiger partial charge on any atom is -0.462 e. The van der Waals surface area contributed by atoms with Gasteiger partial charge in [-0.25, -0.2) is 19.7 Å². The number of thiazole rings is 1. The van der Waals surface area contributed by atoms with Gasteiger partial charge in [-0.1, -0.05) is 11.3 Å². The summed E-state index contributed by atoms with van der Waals surface area (Å²) in [7, 11) is 0. The van der Waals surface area contributed by atoms with Crippen molar-refractivity contribution in [3.05, 3.63) is 40.2 Å². The average Bonchev–Trinajstić information content (AvgIpc) is 3.31. The van der Waals surface area contributed by atoms with E-state index >= 15 is 0 Å². The summed E-state index contributed by atoms with van der Waals surface area (Å²) in [5.74, 6) is 0.0974. The number of carbonyl (C=O) groups is 2. The van der Waals surface area contributed by atoms with Crippen LogP contribution >= 0.6 is 23.1 Å². The quantitative estimate of drug-likeness (QED) is 0.364. The molecular formula is C18H18N4O4S2. The molecule has 3 aromatic heterocycles. The molecule has 3 rings (SSSR count). The van der Waals surface area contributed by atoms with E-state index in [1.165, 1.54) is 11.8 Å². The van der Waals surface area contributed by atoms with Crippen LogP contribution in [0.3, 0.4) is 0 Å². The summed E-state index contributed by atoms with van der Waals surface area (Å²) in [6.07, 6.45) is 3.37. The monoisotopic (exact) mass is 418 g/mol. The maximum Gasteiger partial charge on any atom is 0.350 e. The maximum absolute atomic E-state index is 12.9. The predicted molar refractivity (Wildman–Crippen MR) is 107 cm³/mol. The molecule has 146 valence electrons. The van der Waals surface area contributed by atoms with Crippen LogP contribution in [0.2, 0.25) is 0 Å². The molecule has 0 spiro atoms. The molecule has 0 atom stereocenters. The molecule has 28 heavy (non-hydrogen) atoms. The molecule has 0 aliphatic heterocycles. The van der Waals surface area contributed by atoms with Crippen LogP contribution in [0.15, 0.2) is 27.8 Å². The van der Waals surface area contributed by atoms with Crippen molar-refractivity contribution >= 4 is 40.1 Å². The van der Waals surface area contributed by atoms with E-state index in [0.29, 0.717) is 43.6 Å². The molecule has 0 unspecified atom stereocenters. The van der Waals surface area contributed by atoms with Gasteiger partial charge in [0.25, 0.3) is 5.91 Å². The van der Waals surface area contributed by atoms with Crippen molar-refractivity contribution in [2.45, 2.75) is 25.8 Å². The number of nitrogens with one attached hydrogen (secondary N) is 1. The van der Waals surface area contributed by atoms with Crippen molar-refractivity contribution in [3.63, 3.8) is 0 Å². The van der Waals surface area contributed by atoms with E-state index in [1.54, 1.807) is 39.2 Å². The molecule has 8 nitrogen and oxygen atoms in total. The summed E-state index contributed by atoms with van der Waals surface area (Å²) in [6, 6.07) is 3.51. The number of hydrogen-bond acceptors (Lipinski definition) is 9. The SMILES string of the molecule is CCOC(=O)c1sc(NC(=O)c2c(C)nc(-c3ccco3)nc2SC)nc1C. The number of aromatic nitrogens is 3. The van der Waals surface area contributed by atoms with Crippen LogP contribution in [0.25, 0.3) is 11.6 Å². The van der Waals surface area contributed by atoms with Gasteiger partial charge in [-0.05, 0) is 39.2 Å². The number of furan rings is 1. The number of carbonyl (C=O) groups excluding carboxylic acids is 2. The Balaban J connectivity index is 1.89. The normalized spacial score (nSPS) is 10.7. The first-order chi connectivity index (χ1) is 13.4. The summed E-state index contributed by atoms with van der Waals surface area (Å²) in [5, 5.41) is 3.57. The van der Waals surface area contributed by atoms with Crippen LogP contribution in [0.4, 0.5) is 5.13 Å². The van der Waals surface area contributed by atoms with Gasteiger partial charge in [-0.2, -0.15) is 0 Å². The highest BCUT2D eigenvalue weighted by Crippen LogP contribution is 2.28. The topological polar surface area (TPSA) is 107 Å². The third kappa shape index (κ3) is 4.07. The number of amides is 1. The van der Waals surface area contributed by atoms with Crippen molar-refractivity contribution in [1.82, 2.24) is 15.0 Å². The Labute approximate surface area is 169 Å². The Morgan fingerprint density at radius 1 is 1.25 bits per heavy atom. The number of hydrogen-bond donors (Lipinski definition) is 1. The second-order valence-electron chi connectivity index (χ2n) is 5.60. The third-order valence-corrected chi connectivity index (χ3v) is 5.43. The highest BCUT2D eigenvalue weighted by molar-refractivity contribution is 7.98. The minimum absolute atomic E-state index is 0.271. The first-order valence-electron chi connectivity index (χ1n) is 8.37. The van der Waals surface area contributed by atoms with E-state index in [2.05, 4.69) is 20.3 Å². The lowest BCUT2D eigenvalue weighted by Crippen LogP contribution is -2.16. The second-order valence-corrected chi connectivity index (χ2v) is 7.40. The number of rotatable bonds is 6. The lowest BCUT2D eigenvalue weighted by molar-refractivity contribution is 0.0531. The second kappa shape index (κ2) is 8.53. The number of thioether (sulfide) groups is 1. The number of nitrogens with zero attached hydrogens (tertiary/aromatic N) is 3. The van der Waals surface area contributed by atoms with Crippen LogP contribution in [0, 0.1) is 13.8 Å². The smallest absolute Gasteiger partial charge is 0.350 e. The van der Waals surface area contributed by atoms with E-state index in [0.717, 1.165) is 11.3 Å². The van der Waals surface area contributed by atoms with Crippen LogP contribution in [0.5, 0.6) is 0 Å². The van der Waals surface area contributed by atoms with Crippen molar-refractivity contribution < 1.29 is 18.7 Å². The molecule has 0 radical (unpaired) electrons. The van der Waals surface area contributed by atoms with Gasteiger partial charge in [0.05, 0.1) is 29.8 Å². The molecule has 0 saturated carbocycles. The average molecular weight is 419 g/mol. The fourth-order valence-corrected chi connectivity index (χ4v) is 3.94. The fourth-order valence-electron chi connectivity index (χ4n) is 2.47. The molecule has 0 fully saturated rings. The van der Waals surface area contributed by atoms with Crippen LogP contribution in [-0.2, 0) is 4.74 Å². The van der Waals surface area contributed by atoms with Crippen molar-refractivity contribution in [2.75, 3.05) is 18.2 Å². The molecule has 0 saturated heterocycles. The first-order valence-corrected chi connectivity index (χ1v) is 10.4. The Morgan fingerprint density at radius 2 is 2.04 bits per heavy atom. The molecule has 3 aromatic rings. The highest BCUT2D eigenvalue weighted by Gasteiger charge is 2.22. The lowest BCUT2D eigenvalue weighted by atomic mass is 10.2. The Morgan fingerprint density at radius 3 is 2.68 bits per heavy atom. The summed E-state index contributed by atoms with van der Waals surface area (Å²) in [4.78, 5) is 38.2. The van der Waals surface area contributed by atoms with Gasteiger partial charge < -0.3 is 9.15 Å². The maximum atomic E-state index is 12.9. The standard InChI is InChI=1S/C18H18N4O4S2/c1-5-25-17(24)13-10(3)20-18(28-13)22-15(23)12-9(2)19-14(21-16(12)27-4)11-7-6-8-26-11/h6-8H,5H2,1-4H3,(H,20,22,23). The summed E-state index contributed by atoms with van der Waals surface area (Å²) >= 11 is 2.41. The molecule has 0 bridgehead atoms. The largest absolute Gasteiger partial charge is 0.462 e. The summed E-state index contributed by atoms with van der Waals surface area (Å²) < 4.78 is 10.3. The van der Waals surface area contributed by atoms with Gasteiger partial charge in [0, 0.05) is 0 Å². The number of anilines is 1. The van der Waals surface area contributed by atoms with E-state index in [4.69, 9.17) is 9.15 Å². The van der Waals surface area contributed by atoms with Crippen molar-refractivity contribution in [3.8, 4) is 11.6 Å². The number of esters is 1. The van der Waals surface area contributed by atoms with Crippen molar-refractivity contribution in [2.24, 2.45) is 0 Å². The molecule has 3 heterocycles. The molecule has 10 heteroatoms. The highest BCUT2D eigenvalue weighted by atomic mass is 32.2. The summed E-state index contributed by atoms with van der Waals surface area (Å²) in [6.45, 7) is 5.43. The molecule has 1 N–H and O–H groups in total. The van der Waals surface area contributed by atoms with Crippen LogP contribution in [0.1, 0.15) is 38.3 Å². The zero-order valence-corrected chi connectivity index (χ0v) is 17.4. The van der Waals surface area contributed by atoms with Gasteiger partial charge in [0.2, 0.25) is 0 Å². The molecule has 0 aliphatic rings. The predicted octanol–water partition coefficient (Wildman–Crippen LogP) is 3.96. The fraction of sp³-hybridized carbons (Fsp3) is 0.278. The lowest BCUT2D eigenvalue weighted by Gasteiger charge is -2.10. The van der Waals surface area contributed by atoms with Gasteiger partial charge >= 0.3 is 5.97 Å². The van der Waals surface area contributed by atoms with Gasteiger partial charge in [0.15, 0.2) is 16.7 Å². The third-order valence-electron chi connectivity index (χ3n) is 3.70. The van der Waals surface area contributed by atoms with E-state index < -0.39 is 11.9 Å². The van der Waals surface area contributed by atoms with Crippen molar-refractivity contribution in [1.29, 1.82) is 0 Å². The molecule has 0 aliphatic carbocycles. The Kier molecular flexibility index (Phi) is 6.10. The molecular weight excluding hydrogens is 400 g/mol. The van der Waals surface area contributed by atoms with E-state index in [1.807, 2.05) is 6.26 Å². The van der Waals surface area contributed by atoms with Crippen LogP contribution < -0.4 is 5.32 Å². The van der Waals surface area contributed by atoms with Gasteiger partial charge in [0.1, 0.15) is 9.90 Å². The molecule has 0 aromatic carbocycles. The minimum atomic E-state index is -0.454. The zero-order valence-electron chi connectivity index (χ0n) is 15.7. The van der Waals surface area contributed by atoms with Gasteiger partial charge in [-0.3, -0.25) is 10.1 Å². The first kappa shape index (κ1) is 20.0. The Bertz CT molecular complexity index is 1020. The Hall–Kier alpha value is -2.72. The zero-order chi connectivity index (χ0) is 20.3. The van der Waals surface area contributed by atoms with E-state index in [9.17, 15) is 9.59 Å². The summed E-state index contributed by atoms with van der Waals surface area (Å²) in [5.41, 5.74) is 1.38. The van der Waals surface area contributed by atoms with E-state index in [-0.39, 0.29) is 6.61 Å². The van der Waals surface area contributed by atoms with Gasteiger partial charge in [-0.15, -0.1) is 11.8 Å².